The number of nitrogens with one attached hydrogen (secondary N) is 1. The van der Waals surface area contributed by atoms with E-state index in [9.17, 15) is 18.0 Å². The maximum absolute atomic E-state index is 12.4. The Kier molecular flexibility index (Phi) is 4.47. The topological polar surface area (TPSA) is 41.5 Å². The molecule has 1 aromatic rings. The summed E-state index contributed by atoms with van der Waals surface area (Å²) in [5, 5.41) is 3.59. The molecule has 0 bridgehead atoms. The molecule has 0 atom stereocenters. The molecule has 0 aliphatic carbocycles. The molecule has 1 N–H and O–H groups in total. The smallest absolute Gasteiger partial charge is 0.273 e. The van der Waals surface area contributed by atoms with E-state index in [0.717, 1.165) is 12.1 Å². The molecular formula is C12H13F3N2O. The van der Waals surface area contributed by atoms with Crippen LogP contribution in [-0.2, 0) is 11.0 Å². The maximum atomic E-state index is 12.4. The summed E-state index contributed by atoms with van der Waals surface area (Å²) in [6.07, 6.45) is -3.21. The van der Waals surface area contributed by atoms with E-state index in [-0.39, 0.29) is 17.4 Å². The fraction of sp³-hybridized carbons (Fsp3) is 0.333. The Bertz CT molecular complexity index is 453. The zero-order valence-electron chi connectivity index (χ0n) is 9.95. The molecule has 0 aromatic heterocycles. The fourth-order valence-electron chi connectivity index (χ4n) is 1.09. The highest BCUT2D eigenvalue weighted by Gasteiger charge is 2.30. The molecule has 0 radical (unpaired) electrons. The quantitative estimate of drug-likeness (QED) is 0.657. The van der Waals surface area contributed by atoms with Gasteiger partial charge in [-0.3, -0.25) is 4.79 Å². The van der Waals surface area contributed by atoms with E-state index >= 15 is 0 Å². The molecule has 0 aliphatic heterocycles. The number of nitrogens with zero attached hydrogens (tertiary/aromatic N) is 1. The molecule has 18 heavy (non-hydrogen) atoms. The summed E-state index contributed by atoms with van der Waals surface area (Å²) in [5.74, 6) is -0.526. The number of halogens is 3. The highest BCUT2D eigenvalue weighted by Crippen LogP contribution is 2.29. The van der Waals surface area contributed by atoms with E-state index in [1.54, 1.807) is 13.8 Å². The molecule has 1 amide bonds. The van der Waals surface area contributed by atoms with Crippen molar-refractivity contribution in [1.29, 1.82) is 0 Å². The van der Waals surface area contributed by atoms with Crippen molar-refractivity contribution in [1.82, 2.24) is 5.43 Å². The van der Waals surface area contributed by atoms with E-state index in [0.29, 0.717) is 0 Å². The van der Waals surface area contributed by atoms with Gasteiger partial charge < -0.3 is 0 Å². The van der Waals surface area contributed by atoms with E-state index in [1.807, 2.05) is 0 Å². The highest BCUT2D eigenvalue weighted by atomic mass is 19.4. The first-order chi connectivity index (χ1) is 8.30. The van der Waals surface area contributed by atoms with Crippen molar-refractivity contribution in [2.24, 2.45) is 11.0 Å². The van der Waals surface area contributed by atoms with Gasteiger partial charge in [-0.2, -0.15) is 18.3 Å². The zero-order chi connectivity index (χ0) is 13.8. The summed E-state index contributed by atoms with van der Waals surface area (Å²) < 4.78 is 37.2. The van der Waals surface area contributed by atoms with Gasteiger partial charge in [0.1, 0.15) is 0 Å². The van der Waals surface area contributed by atoms with Gasteiger partial charge in [-0.15, -0.1) is 0 Å². The largest absolute Gasteiger partial charge is 0.416 e. The van der Waals surface area contributed by atoms with Crippen LogP contribution >= 0.6 is 0 Å². The third-order valence-corrected chi connectivity index (χ3v) is 2.13. The first-order valence-electron chi connectivity index (χ1n) is 5.31. The summed E-state index contributed by atoms with van der Waals surface area (Å²) in [5.41, 5.74) is 1.76. The number of hydrazone groups is 1. The molecule has 0 saturated heterocycles. The van der Waals surface area contributed by atoms with Gasteiger partial charge in [-0.1, -0.05) is 26.0 Å². The van der Waals surface area contributed by atoms with E-state index < -0.39 is 11.7 Å². The average molecular weight is 258 g/mol. The predicted octanol–water partition coefficient (Wildman–Crippen LogP) is 2.81. The summed E-state index contributed by atoms with van der Waals surface area (Å²) in [6.45, 7) is 3.38. The lowest BCUT2D eigenvalue weighted by molar-refractivity contribution is -0.137. The Morgan fingerprint density at radius 2 is 2.06 bits per heavy atom. The first kappa shape index (κ1) is 14.2. The maximum Gasteiger partial charge on any atom is 0.416 e. The molecule has 0 fully saturated rings. The van der Waals surface area contributed by atoms with Crippen molar-refractivity contribution in [3.8, 4) is 0 Å². The molecular weight excluding hydrogens is 245 g/mol. The van der Waals surface area contributed by atoms with Gasteiger partial charge in [0.15, 0.2) is 0 Å². The van der Waals surface area contributed by atoms with Crippen LogP contribution in [0, 0.1) is 5.92 Å². The van der Waals surface area contributed by atoms with Crippen LogP contribution in [-0.4, -0.2) is 12.1 Å². The van der Waals surface area contributed by atoms with Crippen molar-refractivity contribution >= 4 is 12.1 Å². The Morgan fingerprint density at radius 3 is 2.61 bits per heavy atom. The minimum absolute atomic E-state index is 0.233. The van der Waals surface area contributed by atoms with E-state index in [4.69, 9.17) is 0 Å². The van der Waals surface area contributed by atoms with Crippen LogP contribution in [0.5, 0.6) is 0 Å². The van der Waals surface area contributed by atoms with Gasteiger partial charge >= 0.3 is 6.18 Å². The molecule has 3 nitrogen and oxygen atoms in total. The SMILES string of the molecule is CC(C)C(=O)N/N=C\c1cccc(C(F)(F)F)c1. The second-order valence-electron chi connectivity index (χ2n) is 4.01. The average Bonchev–Trinajstić information content (AvgIpc) is 2.28. The van der Waals surface area contributed by atoms with Gasteiger partial charge in [0, 0.05) is 5.92 Å². The van der Waals surface area contributed by atoms with Gasteiger partial charge in [-0.25, -0.2) is 5.43 Å². The summed E-state index contributed by atoms with van der Waals surface area (Å²) in [6, 6.07) is 4.70. The second-order valence-corrected chi connectivity index (χ2v) is 4.01. The molecule has 0 aliphatic rings. The van der Waals surface area contributed by atoms with Gasteiger partial charge in [0.05, 0.1) is 11.8 Å². The molecule has 98 valence electrons. The summed E-state index contributed by atoms with van der Waals surface area (Å²) in [4.78, 5) is 11.2. The highest BCUT2D eigenvalue weighted by molar-refractivity contribution is 5.83. The van der Waals surface area contributed by atoms with Crippen LogP contribution in [0.15, 0.2) is 29.4 Å². The van der Waals surface area contributed by atoms with Crippen molar-refractivity contribution in [2.45, 2.75) is 20.0 Å². The minimum Gasteiger partial charge on any atom is -0.273 e. The fourth-order valence-corrected chi connectivity index (χ4v) is 1.09. The number of hydrogen-bond acceptors (Lipinski definition) is 2. The van der Waals surface area contributed by atoms with Gasteiger partial charge in [0.25, 0.3) is 0 Å². The standard InChI is InChI=1S/C12H13F3N2O/c1-8(2)11(18)17-16-7-9-4-3-5-10(6-9)12(13,14)15/h3-8H,1-2H3,(H,17,18)/b16-7-. The molecule has 0 unspecified atom stereocenters. The number of alkyl halides is 3. The molecule has 0 heterocycles. The molecule has 0 saturated carbocycles. The monoisotopic (exact) mass is 258 g/mol. The minimum atomic E-state index is -4.38. The van der Waals surface area contributed by atoms with Gasteiger partial charge in [0.2, 0.25) is 5.91 Å². The number of rotatable bonds is 3. The molecule has 1 aromatic carbocycles. The Hall–Kier alpha value is -1.85. The van der Waals surface area contributed by atoms with Crippen LogP contribution in [0.1, 0.15) is 25.0 Å². The molecule has 1 rings (SSSR count). The zero-order valence-corrected chi connectivity index (χ0v) is 9.95. The number of benzene rings is 1. The lowest BCUT2D eigenvalue weighted by atomic mass is 10.1. The summed E-state index contributed by atoms with van der Waals surface area (Å²) >= 11 is 0. The van der Waals surface area contributed by atoms with Crippen LogP contribution in [0.4, 0.5) is 13.2 Å². The Morgan fingerprint density at radius 1 is 1.39 bits per heavy atom. The van der Waals surface area contributed by atoms with Crippen molar-refractivity contribution in [3.63, 3.8) is 0 Å². The normalized spacial score (nSPS) is 12.1. The van der Waals surface area contributed by atoms with Crippen LogP contribution in [0.3, 0.4) is 0 Å². The third-order valence-electron chi connectivity index (χ3n) is 2.13. The number of carbonyl (C=O) groups is 1. The van der Waals surface area contributed by atoms with E-state index in [1.165, 1.54) is 18.3 Å². The first-order valence-corrected chi connectivity index (χ1v) is 5.31. The molecule has 0 spiro atoms. The van der Waals surface area contributed by atoms with Gasteiger partial charge in [-0.05, 0) is 17.7 Å². The van der Waals surface area contributed by atoms with Crippen LogP contribution < -0.4 is 5.43 Å². The molecule has 6 heteroatoms. The van der Waals surface area contributed by atoms with Crippen molar-refractivity contribution < 1.29 is 18.0 Å². The third kappa shape index (κ3) is 4.20. The van der Waals surface area contributed by atoms with E-state index in [2.05, 4.69) is 10.5 Å². The van der Waals surface area contributed by atoms with Crippen molar-refractivity contribution in [3.05, 3.63) is 35.4 Å². The predicted molar refractivity (Wildman–Crippen MR) is 62.0 cm³/mol. The Balaban J connectivity index is 2.74. The number of amides is 1. The van der Waals surface area contributed by atoms with Crippen molar-refractivity contribution in [2.75, 3.05) is 0 Å². The lowest BCUT2D eigenvalue weighted by Gasteiger charge is -2.06. The summed E-state index contributed by atoms with van der Waals surface area (Å²) in [7, 11) is 0. The van der Waals surface area contributed by atoms with Crippen LogP contribution in [0.2, 0.25) is 0 Å². The number of hydrogen-bond donors (Lipinski definition) is 1. The second kappa shape index (κ2) is 5.66. The van der Waals surface area contributed by atoms with Crippen LogP contribution in [0.25, 0.3) is 0 Å². The lowest BCUT2D eigenvalue weighted by Crippen LogP contribution is -2.22. The number of carbonyl (C=O) groups excluding carboxylic acids is 1. The Labute approximate surface area is 103 Å².